The fourth-order valence-corrected chi connectivity index (χ4v) is 0.981. The number of amides is 3. The van der Waals surface area contributed by atoms with E-state index in [0.717, 1.165) is 5.01 Å². The van der Waals surface area contributed by atoms with E-state index in [0.29, 0.717) is 5.69 Å². The number of rotatable bonds is 1. The van der Waals surface area contributed by atoms with Gasteiger partial charge >= 0.3 is 6.03 Å². The first-order chi connectivity index (χ1) is 6.61. The third-order valence-electron chi connectivity index (χ3n) is 1.50. The van der Waals surface area contributed by atoms with Crippen molar-refractivity contribution >= 4 is 17.6 Å². The first-order valence-corrected chi connectivity index (χ1v) is 4.03. The summed E-state index contributed by atoms with van der Waals surface area (Å²) in [6, 6.07) is 7.89. The zero-order valence-corrected chi connectivity index (χ0v) is 7.73. The van der Waals surface area contributed by atoms with Gasteiger partial charge in [-0.25, -0.2) is 9.80 Å². The maximum Gasteiger partial charge on any atom is 0.338 e. The average Bonchev–Trinajstić information content (AvgIpc) is 2.15. The molecular formula is C9H11N3O2. The highest BCUT2D eigenvalue weighted by Crippen LogP contribution is 2.09. The second kappa shape index (κ2) is 4.27. The zero-order valence-electron chi connectivity index (χ0n) is 7.73. The number of carbonyl (C=O) groups is 2. The molecule has 0 bridgehead atoms. The molecule has 0 aliphatic heterocycles. The van der Waals surface area contributed by atoms with Crippen molar-refractivity contribution in [3.8, 4) is 0 Å². The summed E-state index contributed by atoms with van der Waals surface area (Å²) in [6.07, 6.45) is 0. The molecule has 0 aliphatic carbocycles. The molecule has 5 heteroatoms. The van der Waals surface area contributed by atoms with E-state index in [1.54, 1.807) is 30.3 Å². The number of nitrogens with one attached hydrogen (secondary N) is 1. The van der Waals surface area contributed by atoms with Crippen molar-refractivity contribution in [1.29, 1.82) is 0 Å². The molecular weight excluding hydrogens is 182 g/mol. The van der Waals surface area contributed by atoms with E-state index >= 15 is 0 Å². The molecule has 0 unspecified atom stereocenters. The van der Waals surface area contributed by atoms with Gasteiger partial charge in [-0.1, -0.05) is 18.2 Å². The highest BCUT2D eigenvalue weighted by molar-refractivity contribution is 5.93. The Bertz CT molecular complexity index is 337. The van der Waals surface area contributed by atoms with Crippen LogP contribution in [0.1, 0.15) is 6.92 Å². The van der Waals surface area contributed by atoms with E-state index in [-0.39, 0.29) is 5.91 Å². The van der Waals surface area contributed by atoms with Gasteiger partial charge in [0, 0.05) is 6.92 Å². The minimum atomic E-state index is -0.730. The molecule has 0 saturated carbocycles. The highest BCUT2D eigenvalue weighted by Gasteiger charge is 2.12. The summed E-state index contributed by atoms with van der Waals surface area (Å²) in [5, 5.41) is 0.988. The van der Waals surface area contributed by atoms with Gasteiger partial charge in [0.05, 0.1) is 5.69 Å². The van der Waals surface area contributed by atoms with E-state index in [9.17, 15) is 9.59 Å². The predicted molar refractivity (Wildman–Crippen MR) is 52.3 cm³/mol. The molecule has 0 atom stereocenters. The minimum absolute atomic E-state index is 0.354. The summed E-state index contributed by atoms with van der Waals surface area (Å²) in [5.41, 5.74) is 7.93. The molecule has 0 radical (unpaired) electrons. The number of nitrogens with two attached hydrogens (primary N) is 1. The number of hydrazine groups is 1. The molecule has 3 amide bonds. The standard InChI is InChI=1S/C9H11N3O2/c1-7(13)11-12(9(10)14)8-5-3-2-4-6-8/h2-6H,1H3,(H2,10,14)(H,11,13). The molecule has 0 heterocycles. The predicted octanol–water partition coefficient (Wildman–Crippen LogP) is 0.623. The summed E-state index contributed by atoms with van der Waals surface area (Å²) in [6.45, 7) is 1.30. The largest absolute Gasteiger partial charge is 0.350 e. The molecule has 0 aliphatic rings. The van der Waals surface area contributed by atoms with E-state index in [1.165, 1.54) is 6.92 Å². The van der Waals surface area contributed by atoms with Gasteiger partial charge < -0.3 is 5.73 Å². The quantitative estimate of drug-likeness (QED) is 0.641. The molecule has 1 rings (SSSR count). The molecule has 14 heavy (non-hydrogen) atoms. The van der Waals surface area contributed by atoms with E-state index < -0.39 is 6.03 Å². The third-order valence-corrected chi connectivity index (χ3v) is 1.50. The summed E-state index contributed by atoms with van der Waals surface area (Å²) in [7, 11) is 0. The number of carbonyl (C=O) groups excluding carboxylic acids is 2. The Labute approximate surface area is 81.5 Å². The Balaban J connectivity index is 2.89. The smallest absolute Gasteiger partial charge is 0.338 e. The van der Waals surface area contributed by atoms with Gasteiger partial charge in [0.2, 0.25) is 5.91 Å². The number of urea groups is 1. The summed E-state index contributed by atoms with van der Waals surface area (Å²) >= 11 is 0. The van der Waals surface area contributed by atoms with Gasteiger partial charge in [0.15, 0.2) is 0 Å². The molecule has 0 spiro atoms. The summed E-state index contributed by atoms with van der Waals surface area (Å²) in [5.74, 6) is -0.354. The lowest BCUT2D eigenvalue weighted by atomic mass is 10.3. The van der Waals surface area contributed by atoms with Crippen LogP contribution in [-0.4, -0.2) is 11.9 Å². The molecule has 3 N–H and O–H groups in total. The Morgan fingerprint density at radius 1 is 1.29 bits per heavy atom. The first-order valence-electron chi connectivity index (χ1n) is 4.03. The topological polar surface area (TPSA) is 75.4 Å². The monoisotopic (exact) mass is 193 g/mol. The second-order valence-electron chi connectivity index (χ2n) is 2.68. The Morgan fingerprint density at radius 3 is 2.29 bits per heavy atom. The van der Waals surface area contributed by atoms with Crippen molar-refractivity contribution in [3.05, 3.63) is 30.3 Å². The van der Waals surface area contributed by atoms with Crippen LogP contribution in [0, 0.1) is 0 Å². The van der Waals surface area contributed by atoms with Crippen molar-refractivity contribution in [1.82, 2.24) is 5.43 Å². The van der Waals surface area contributed by atoms with Crippen LogP contribution in [0.4, 0.5) is 10.5 Å². The molecule has 5 nitrogen and oxygen atoms in total. The average molecular weight is 193 g/mol. The number of primary amides is 1. The van der Waals surface area contributed by atoms with Gasteiger partial charge in [-0.15, -0.1) is 0 Å². The Morgan fingerprint density at radius 2 is 1.86 bits per heavy atom. The van der Waals surface area contributed by atoms with Crippen molar-refractivity contribution in [2.45, 2.75) is 6.92 Å². The number of benzene rings is 1. The highest BCUT2D eigenvalue weighted by atomic mass is 16.2. The Hall–Kier alpha value is -2.04. The molecule has 0 fully saturated rings. The minimum Gasteiger partial charge on any atom is -0.350 e. The molecule has 0 aromatic heterocycles. The fraction of sp³-hybridized carbons (Fsp3) is 0.111. The Kier molecular flexibility index (Phi) is 3.06. The molecule has 1 aromatic rings. The third kappa shape index (κ3) is 2.48. The van der Waals surface area contributed by atoms with Gasteiger partial charge in [0.1, 0.15) is 0 Å². The van der Waals surface area contributed by atoms with Gasteiger partial charge in [-0.3, -0.25) is 10.2 Å². The lowest BCUT2D eigenvalue weighted by Gasteiger charge is -2.19. The fourth-order valence-electron chi connectivity index (χ4n) is 0.981. The van der Waals surface area contributed by atoms with E-state index in [2.05, 4.69) is 5.43 Å². The van der Waals surface area contributed by atoms with Crippen LogP contribution >= 0.6 is 0 Å². The lowest BCUT2D eigenvalue weighted by molar-refractivity contribution is -0.118. The molecule has 1 aromatic carbocycles. The maximum absolute atomic E-state index is 11.0. The van der Waals surface area contributed by atoms with E-state index in [1.807, 2.05) is 0 Å². The number of para-hydroxylation sites is 1. The van der Waals surface area contributed by atoms with Crippen LogP contribution in [-0.2, 0) is 4.79 Å². The second-order valence-corrected chi connectivity index (χ2v) is 2.68. The SMILES string of the molecule is CC(=O)NN(C(N)=O)c1ccccc1. The van der Waals surface area contributed by atoms with Crippen molar-refractivity contribution < 1.29 is 9.59 Å². The number of anilines is 1. The van der Waals surface area contributed by atoms with Crippen LogP contribution in [0.25, 0.3) is 0 Å². The number of nitrogens with zero attached hydrogens (tertiary/aromatic N) is 1. The van der Waals surface area contributed by atoms with Crippen LogP contribution in [0.2, 0.25) is 0 Å². The van der Waals surface area contributed by atoms with Crippen LogP contribution in [0.3, 0.4) is 0 Å². The zero-order chi connectivity index (χ0) is 10.6. The summed E-state index contributed by atoms with van der Waals surface area (Å²) in [4.78, 5) is 21.7. The summed E-state index contributed by atoms with van der Waals surface area (Å²) < 4.78 is 0. The van der Waals surface area contributed by atoms with Gasteiger partial charge in [-0.2, -0.15) is 0 Å². The molecule has 74 valence electrons. The first kappa shape index (κ1) is 10.0. The van der Waals surface area contributed by atoms with Crippen LogP contribution in [0.5, 0.6) is 0 Å². The van der Waals surface area contributed by atoms with Crippen LogP contribution < -0.4 is 16.2 Å². The molecule has 0 saturated heterocycles. The number of hydrogen-bond donors (Lipinski definition) is 2. The van der Waals surface area contributed by atoms with Crippen LogP contribution in [0.15, 0.2) is 30.3 Å². The normalized spacial score (nSPS) is 9.21. The van der Waals surface area contributed by atoms with Crippen molar-refractivity contribution in [3.63, 3.8) is 0 Å². The van der Waals surface area contributed by atoms with Gasteiger partial charge in [-0.05, 0) is 12.1 Å². The number of hydrogen-bond acceptors (Lipinski definition) is 2. The van der Waals surface area contributed by atoms with Crippen molar-refractivity contribution in [2.24, 2.45) is 5.73 Å². The lowest BCUT2D eigenvalue weighted by Crippen LogP contribution is -2.48. The maximum atomic E-state index is 11.0. The van der Waals surface area contributed by atoms with E-state index in [4.69, 9.17) is 5.73 Å². The van der Waals surface area contributed by atoms with Crippen molar-refractivity contribution in [2.75, 3.05) is 5.01 Å². The van der Waals surface area contributed by atoms with Gasteiger partial charge in [0.25, 0.3) is 0 Å².